The quantitative estimate of drug-likeness (QED) is 0.639. The summed E-state index contributed by atoms with van der Waals surface area (Å²) >= 11 is 0. The summed E-state index contributed by atoms with van der Waals surface area (Å²) in [4.78, 5) is 25.3. The van der Waals surface area contributed by atoms with Crippen molar-refractivity contribution in [1.29, 1.82) is 0 Å². The molecule has 1 aliphatic heterocycles. The zero-order valence-electron chi connectivity index (χ0n) is 9.91. The lowest BCUT2D eigenvalue weighted by Crippen LogP contribution is -2.41. The predicted molar refractivity (Wildman–Crippen MR) is 62.0 cm³/mol. The first-order valence-electron chi connectivity index (χ1n) is 6.58. The highest BCUT2D eigenvalue weighted by Gasteiger charge is 2.27. The molecular formula is C13H21NO2. The minimum Gasteiger partial charge on any atom is -0.342 e. The average molecular weight is 223 g/mol. The van der Waals surface area contributed by atoms with Gasteiger partial charge < -0.3 is 4.90 Å². The SMILES string of the molecule is O=C1CCN(C(=O)C2CCCCCC2)CC1. The molecule has 16 heavy (non-hydrogen) atoms. The van der Waals surface area contributed by atoms with Crippen molar-refractivity contribution >= 4 is 11.7 Å². The normalized spacial score (nSPS) is 24.2. The van der Waals surface area contributed by atoms with E-state index in [2.05, 4.69) is 0 Å². The lowest BCUT2D eigenvalue weighted by molar-refractivity contribution is -0.138. The first-order valence-corrected chi connectivity index (χ1v) is 6.58. The number of Topliss-reactive ketones (excluding diaryl/α,β-unsaturated/α-hetero) is 1. The van der Waals surface area contributed by atoms with Gasteiger partial charge in [0.05, 0.1) is 0 Å². The average Bonchev–Trinajstić information content (AvgIpc) is 2.57. The molecule has 1 amide bonds. The molecule has 0 radical (unpaired) electrons. The highest BCUT2D eigenvalue weighted by atomic mass is 16.2. The molecule has 0 N–H and O–H groups in total. The van der Waals surface area contributed by atoms with Crippen molar-refractivity contribution in [3.8, 4) is 0 Å². The van der Waals surface area contributed by atoms with Crippen LogP contribution in [0.3, 0.4) is 0 Å². The van der Waals surface area contributed by atoms with Gasteiger partial charge in [-0.1, -0.05) is 25.7 Å². The number of rotatable bonds is 1. The summed E-state index contributed by atoms with van der Waals surface area (Å²) in [7, 11) is 0. The molecule has 1 saturated heterocycles. The largest absolute Gasteiger partial charge is 0.342 e. The Hall–Kier alpha value is -0.860. The maximum Gasteiger partial charge on any atom is 0.225 e. The van der Waals surface area contributed by atoms with Gasteiger partial charge in [0.2, 0.25) is 5.91 Å². The fraction of sp³-hybridized carbons (Fsp3) is 0.846. The third-order valence-electron chi connectivity index (χ3n) is 3.84. The van der Waals surface area contributed by atoms with Gasteiger partial charge in [0.15, 0.2) is 0 Å². The fourth-order valence-electron chi connectivity index (χ4n) is 2.76. The summed E-state index contributed by atoms with van der Waals surface area (Å²) in [5.74, 6) is 0.870. The van der Waals surface area contributed by atoms with Gasteiger partial charge in [0, 0.05) is 31.8 Å². The second-order valence-electron chi connectivity index (χ2n) is 5.05. The molecule has 0 unspecified atom stereocenters. The highest BCUT2D eigenvalue weighted by molar-refractivity contribution is 5.84. The molecule has 0 spiro atoms. The lowest BCUT2D eigenvalue weighted by Gasteiger charge is -2.29. The Morgan fingerprint density at radius 2 is 1.56 bits per heavy atom. The number of hydrogen-bond donors (Lipinski definition) is 0. The van der Waals surface area contributed by atoms with Crippen LogP contribution in [0.25, 0.3) is 0 Å². The van der Waals surface area contributed by atoms with Gasteiger partial charge in [0.25, 0.3) is 0 Å². The van der Waals surface area contributed by atoms with E-state index in [1.807, 2.05) is 4.90 Å². The second kappa shape index (κ2) is 5.46. The van der Waals surface area contributed by atoms with Crippen molar-refractivity contribution in [3.05, 3.63) is 0 Å². The van der Waals surface area contributed by atoms with Crippen molar-refractivity contribution in [2.24, 2.45) is 5.92 Å². The van der Waals surface area contributed by atoms with Crippen LogP contribution in [-0.2, 0) is 9.59 Å². The van der Waals surface area contributed by atoms with Crippen molar-refractivity contribution in [1.82, 2.24) is 4.90 Å². The third kappa shape index (κ3) is 2.83. The van der Waals surface area contributed by atoms with E-state index in [0.717, 1.165) is 12.8 Å². The van der Waals surface area contributed by atoms with Crippen molar-refractivity contribution < 1.29 is 9.59 Å². The van der Waals surface area contributed by atoms with E-state index in [1.165, 1.54) is 25.7 Å². The van der Waals surface area contributed by atoms with Gasteiger partial charge in [-0.3, -0.25) is 9.59 Å². The van der Waals surface area contributed by atoms with Crippen LogP contribution in [0.5, 0.6) is 0 Å². The molecule has 0 aromatic carbocycles. The number of likely N-dealkylation sites (tertiary alicyclic amines) is 1. The maximum absolute atomic E-state index is 12.2. The maximum atomic E-state index is 12.2. The van der Waals surface area contributed by atoms with E-state index in [-0.39, 0.29) is 5.92 Å². The van der Waals surface area contributed by atoms with E-state index < -0.39 is 0 Å². The van der Waals surface area contributed by atoms with Crippen LogP contribution in [-0.4, -0.2) is 29.7 Å². The molecule has 0 aromatic rings. The van der Waals surface area contributed by atoms with Crippen LogP contribution in [0, 0.1) is 5.92 Å². The Morgan fingerprint density at radius 1 is 1.00 bits per heavy atom. The topological polar surface area (TPSA) is 37.4 Å². The van der Waals surface area contributed by atoms with Crippen LogP contribution in [0.1, 0.15) is 51.4 Å². The standard InChI is InChI=1S/C13H21NO2/c15-12-7-9-14(10-8-12)13(16)11-5-3-1-2-4-6-11/h11H,1-10H2. The second-order valence-corrected chi connectivity index (χ2v) is 5.05. The zero-order chi connectivity index (χ0) is 11.4. The van der Waals surface area contributed by atoms with Crippen molar-refractivity contribution in [2.45, 2.75) is 51.4 Å². The molecule has 1 heterocycles. The van der Waals surface area contributed by atoms with Gasteiger partial charge in [-0.15, -0.1) is 0 Å². The van der Waals surface area contributed by atoms with E-state index in [4.69, 9.17) is 0 Å². The molecule has 2 rings (SSSR count). The molecule has 2 fully saturated rings. The summed E-state index contributed by atoms with van der Waals surface area (Å²) in [5, 5.41) is 0. The number of amides is 1. The Morgan fingerprint density at radius 3 is 2.12 bits per heavy atom. The summed E-state index contributed by atoms with van der Waals surface area (Å²) < 4.78 is 0. The van der Waals surface area contributed by atoms with Crippen LogP contribution >= 0.6 is 0 Å². The molecular weight excluding hydrogens is 202 g/mol. The molecule has 0 bridgehead atoms. The monoisotopic (exact) mass is 223 g/mol. The molecule has 1 aliphatic carbocycles. The first-order chi connectivity index (χ1) is 7.77. The minimum atomic E-state index is 0.246. The number of carbonyl (C=O) groups is 2. The number of hydrogen-bond acceptors (Lipinski definition) is 2. The fourth-order valence-corrected chi connectivity index (χ4v) is 2.76. The molecule has 2 aliphatic rings. The molecule has 0 atom stereocenters. The Labute approximate surface area is 97.2 Å². The van der Waals surface area contributed by atoms with Gasteiger partial charge in [-0.2, -0.15) is 0 Å². The van der Waals surface area contributed by atoms with Gasteiger partial charge in [0.1, 0.15) is 5.78 Å². The van der Waals surface area contributed by atoms with Crippen LogP contribution in [0.4, 0.5) is 0 Å². The van der Waals surface area contributed by atoms with E-state index in [1.54, 1.807) is 0 Å². The molecule has 1 saturated carbocycles. The Kier molecular flexibility index (Phi) is 3.97. The number of piperidine rings is 1. The zero-order valence-corrected chi connectivity index (χ0v) is 9.91. The molecule has 3 heteroatoms. The van der Waals surface area contributed by atoms with Gasteiger partial charge in [-0.25, -0.2) is 0 Å². The van der Waals surface area contributed by atoms with Gasteiger partial charge >= 0.3 is 0 Å². The molecule has 3 nitrogen and oxygen atoms in total. The Balaban J connectivity index is 1.87. The van der Waals surface area contributed by atoms with E-state index in [9.17, 15) is 9.59 Å². The minimum absolute atomic E-state index is 0.246. The number of carbonyl (C=O) groups excluding carboxylic acids is 2. The smallest absolute Gasteiger partial charge is 0.225 e. The summed E-state index contributed by atoms with van der Waals surface area (Å²) in [5.41, 5.74) is 0. The third-order valence-corrected chi connectivity index (χ3v) is 3.84. The lowest BCUT2D eigenvalue weighted by atomic mass is 9.97. The predicted octanol–water partition coefficient (Wildman–Crippen LogP) is 2.15. The number of ketones is 1. The van der Waals surface area contributed by atoms with Crippen LogP contribution < -0.4 is 0 Å². The van der Waals surface area contributed by atoms with Crippen molar-refractivity contribution in [3.63, 3.8) is 0 Å². The van der Waals surface area contributed by atoms with Gasteiger partial charge in [-0.05, 0) is 12.8 Å². The molecule has 0 aromatic heterocycles. The van der Waals surface area contributed by atoms with Crippen LogP contribution in [0.2, 0.25) is 0 Å². The summed E-state index contributed by atoms with van der Waals surface area (Å²) in [6.07, 6.45) is 8.21. The number of nitrogens with zero attached hydrogens (tertiary/aromatic N) is 1. The van der Waals surface area contributed by atoms with E-state index >= 15 is 0 Å². The Bertz CT molecular complexity index is 257. The highest BCUT2D eigenvalue weighted by Crippen LogP contribution is 2.25. The molecule has 90 valence electrons. The van der Waals surface area contributed by atoms with E-state index in [0.29, 0.717) is 37.6 Å². The van der Waals surface area contributed by atoms with Crippen molar-refractivity contribution in [2.75, 3.05) is 13.1 Å². The first kappa shape index (κ1) is 11.6. The van der Waals surface area contributed by atoms with Crippen LogP contribution in [0.15, 0.2) is 0 Å². The summed E-state index contributed by atoms with van der Waals surface area (Å²) in [6.45, 7) is 1.32. The summed E-state index contributed by atoms with van der Waals surface area (Å²) in [6, 6.07) is 0.